The molecular formula is C31H28N2O4. The second-order valence-corrected chi connectivity index (χ2v) is 8.31. The van der Waals surface area contributed by atoms with Crippen molar-refractivity contribution in [1.82, 2.24) is 9.55 Å². The van der Waals surface area contributed by atoms with Gasteiger partial charge in [-0.3, -0.25) is 4.57 Å². The van der Waals surface area contributed by atoms with Gasteiger partial charge in [0.25, 0.3) is 0 Å². The van der Waals surface area contributed by atoms with E-state index in [1.165, 1.54) is 0 Å². The van der Waals surface area contributed by atoms with E-state index in [-0.39, 0.29) is 0 Å². The summed E-state index contributed by atoms with van der Waals surface area (Å²) in [7, 11) is 6.49. The minimum absolute atomic E-state index is 0.530. The van der Waals surface area contributed by atoms with Crippen molar-refractivity contribution in [1.29, 1.82) is 0 Å². The lowest BCUT2D eigenvalue weighted by Crippen LogP contribution is -2.02. The molecule has 0 N–H and O–H groups in total. The minimum atomic E-state index is 0.530. The number of rotatable bonds is 8. The minimum Gasteiger partial charge on any atom is -0.497 e. The molecule has 0 saturated carbocycles. The molecule has 0 amide bonds. The van der Waals surface area contributed by atoms with Crippen molar-refractivity contribution in [3.63, 3.8) is 0 Å². The lowest BCUT2D eigenvalue weighted by Gasteiger charge is -2.16. The first-order valence-electron chi connectivity index (χ1n) is 11.9. The van der Waals surface area contributed by atoms with E-state index in [2.05, 4.69) is 28.8 Å². The first-order chi connectivity index (χ1) is 18.2. The van der Waals surface area contributed by atoms with Crippen LogP contribution in [0.15, 0.2) is 97.1 Å². The zero-order valence-electron chi connectivity index (χ0n) is 21.3. The molecule has 0 aliphatic carbocycles. The highest BCUT2D eigenvalue weighted by Crippen LogP contribution is 2.44. The Morgan fingerprint density at radius 3 is 1.65 bits per heavy atom. The maximum atomic E-state index is 5.66. The molecule has 0 fully saturated rings. The van der Waals surface area contributed by atoms with Gasteiger partial charge in [0, 0.05) is 22.4 Å². The van der Waals surface area contributed by atoms with Crippen LogP contribution >= 0.6 is 0 Å². The monoisotopic (exact) mass is 492 g/mol. The van der Waals surface area contributed by atoms with Crippen molar-refractivity contribution in [3.8, 4) is 62.6 Å². The summed E-state index contributed by atoms with van der Waals surface area (Å²) >= 11 is 0. The van der Waals surface area contributed by atoms with Crippen molar-refractivity contribution in [2.24, 2.45) is 0 Å². The Morgan fingerprint density at radius 1 is 0.568 bits per heavy atom. The van der Waals surface area contributed by atoms with Gasteiger partial charge in [-0.15, -0.1) is 0 Å². The zero-order chi connectivity index (χ0) is 25.8. The Balaban J connectivity index is 1.88. The summed E-state index contributed by atoms with van der Waals surface area (Å²) in [5.74, 6) is 3.17. The van der Waals surface area contributed by atoms with Crippen LogP contribution in [-0.4, -0.2) is 38.0 Å². The number of imidazole rings is 1. The molecule has 37 heavy (non-hydrogen) atoms. The Hall–Kier alpha value is -4.71. The molecule has 0 unspecified atom stereocenters. The van der Waals surface area contributed by atoms with Crippen LogP contribution in [0.3, 0.4) is 0 Å². The SMILES string of the molecule is COc1ccc(-n2c(-c3cc(OC)c(OC)c(OC)c3)nc(-c3ccccc3)c2-c2ccccc2)cc1. The molecule has 0 aliphatic rings. The van der Waals surface area contributed by atoms with Crippen LogP contribution < -0.4 is 18.9 Å². The van der Waals surface area contributed by atoms with Crippen LogP contribution in [-0.2, 0) is 0 Å². The van der Waals surface area contributed by atoms with Crippen molar-refractivity contribution >= 4 is 0 Å². The zero-order valence-corrected chi connectivity index (χ0v) is 21.3. The predicted octanol–water partition coefficient (Wildman–Crippen LogP) is 6.91. The van der Waals surface area contributed by atoms with Crippen LogP contribution in [0.2, 0.25) is 0 Å². The molecule has 0 saturated heterocycles. The van der Waals surface area contributed by atoms with E-state index in [0.29, 0.717) is 17.2 Å². The number of nitrogens with zero attached hydrogens (tertiary/aromatic N) is 2. The van der Waals surface area contributed by atoms with Crippen LogP contribution in [0.1, 0.15) is 0 Å². The van der Waals surface area contributed by atoms with Crippen molar-refractivity contribution in [3.05, 3.63) is 97.1 Å². The van der Waals surface area contributed by atoms with E-state index >= 15 is 0 Å². The topological polar surface area (TPSA) is 54.7 Å². The van der Waals surface area contributed by atoms with Gasteiger partial charge >= 0.3 is 0 Å². The number of ether oxygens (including phenoxy) is 4. The molecule has 186 valence electrons. The second kappa shape index (κ2) is 10.5. The first-order valence-corrected chi connectivity index (χ1v) is 11.9. The summed E-state index contributed by atoms with van der Waals surface area (Å²) in [5, 5.41) is 0. The van der Waals surface area contributed by atoms with Gasteiger partial charge in [0.05, 0.1) is 39.8 Å². The highest BCUT2D eigenvalue weighted by Gasteiger charge is 2.24. The van der Waals surface area contributed by atoms with Gasteiger partial charge in [0.15, 0.2) is 11.5 Å². The van der Waals surface area contributed by atoms with Gasteiger partial charge in [0.1, 0.15) is 11.6 Å². The molecule has 0 radical (unpaired) electrons. The van der Waals surface area contributed by atoms with E-state index in [1.54, 1.807) is 28.4 Å². The van der Waals surface area contributed by atoms with Gasteiger partial charge in [-0.1, -0.05) is 60.7 Å². The summed E-state index contributed by atoms with van der Waals surface area (Å²) in [5.41, 5.74) is 5.67. The van der Waals surface area contributed by atoms with E-state index in [0.717, 1.165) is 45.3 Å². The Morgan fingerprint density at radius 2 is 1.14 bits per heavy atom. The molecule has 6 nitrogen and oxygen atoms in total. The number of aromatic nitrogens is 2. The van der Waals surface area contributed by atoms with E-state index in [4.69, 9.17) is 23.9 Å². The quantitative estimate of drug-likeness (QED) is 0.236. The Labute approximate surface area is 216 Å². The first kappa shape index (κ1) is 24.0. The van der Waals surface area contributed by atoms with Gasteiger partial charge in [-0.25, -0.2) is 4.98 Å². The van der Waals surface area contributed by atoms with Crippen LogP contribution in [0, 0.1) is 0 Å². The fraction of sp³-hybridized carbons (Fsp3) is 0.129. The summed E-state index contributed by atoms with van der Waals surface area (Å²) in [6.07, 6.45) is 0. The molecule has 6 heteroatoms. The third kappa shape index (κ3) is 4.49. The van der Waals surface area contributed by atoms with Crippen molar-refractivity contribution in [2.75, 3.05) is 28.4 Å². The summed E-state index contributed by atoms with van der Waals surface area (Å²) < 4.78 is 24.5. The number of hydrogen-bond donors (Lipinski definition) is 0. The largest absolute Gasteiger partial charge is 0.497 e. The maximum absolute atomic E-state index is 5.66. The van der Waals surface area contributed by atoms with Gasteiger partial charge in [-0.2, -0.15) is 0 Å². The van der Waals surface area contributed by atoms with Gasteiger partial charge in [0.2, 0.25) is 5.75 Å². The Kier molecular flexibility index (Phi) is 6.81. The van der Waals surface area contributed by atoms with Crippen LogP contribution in [0.4, 0.5) is 0 Å². The van der Waals surface area contributed by atoms with Crippen LogP contribution in [0.5, 0.6) is 23.0 Å². The summed E-state index contributed by atoms with van der Waals surface area (Å²) in [4.78, 5) is 5.23. The third-order valence-corrected chi connectivity index (χ3v) is 6.23. The lowest BCUT2D eigenvalue weighted by atomic mass is 10.0. The van der Waals surface area contributed by atoms with Crippen molar-refractivity contribution < 1.29 is 18.9 Å². The summed E-state index contributed by atoms with van der Waals surface area (Å²) in [6, 6.07) is 32.3. The summed E-state index contributed by atoms with van der Waals surface area (Å²) in [6.45, 7) is 0. The van der Waals surface area contributed by atoms with Crippen molar-refractivity contribution in [2.45, 2.75) is 0 Å². The van der Waals surface area contributed by atoms with E-state index in [1.807, 2.05) is 72.8 Å². The van der Waals surface area contributed by atoms with E-state index < -0.39 is 0 Å². The molecular weight excluding hydrogens is 464 g/mol. The van der Waals surface area contributed by atoms with Gasteiger partial charge < -0.3 is 18.9 Å². The Bertz CT molecular complexity index is 1470. The standard InChI is InChI=1S/C31H28N2O4/c1-34-25-17-15-24(16-18-25)33-29(22-13-9-6-10-14-22)28(21-11-7-5-8-12-21)32-31(33)23-19-26(35-2)30(37-4)27(20-23)36-3/h5-20H,1-4H3. The molecule has 1 aromatic heterocycles. The average Bonchev–Trinajstić information content (AvgIpc) is 3.38. The van der Waals surface area contributed by atoms with Crippen LogP contribution in [0.25, 0.3) is 39.6 Å². The third-order valence-electron chi connectivity index (χ3n) is 6.23. The molecule has 4 aromatic carbocycles. The lowest BCUT2D eigenvalue weighted by molar-refractivity contribution is 0.324. The fourth-order valence-corrected chi connectivity index (χ4v) is 4.47. The number of hydrogen-bond acceptors (Lipinski definition) is 5. The number of methoxy groups -OCH3 is 4. The molecule has 5 rings (SSSR count). The highest BCUT2D eigenvalue weighted by molar-refractivity contribution is 5.84. The van der Waals surface area contributed by atoms with E-state index in [9.17, 15) is 0 Å². The predicted molar refractivity (Wildman–Crippen MR) is 146 cm³/mol. The smallest absolute Gasteiger partial charge is 0.203 e. The average molecular weight is 493 g/mol. The molecule has 1 heterocycles. The molecule has 0 bridgehead atoms. The normalized spacial score (nSPS) is 10.7. The molecule has 0 atom stereocenters. The molecule has 0 aliphatic heterocycles. The maximum Gasteiger partial charge on any atom is 0.203 e. The highest BCUT2D eigenvalue weighted by atomic mass is 16.5. The fourth-order valence-electron chi connectivity index (χ4n) is 4.47. The number of benzene rings is 4. The molecule has 5 aromatic rings. The second-order valence-electron chi connectivity index (χ2n) is 8.31. The van der Waals surface area contributed by atoms with Gasteiger partial charge in [-0.05, 0) is 36.4 Å². The molecule has 0 spiro atoms.